The molecule has 0 bridgehead atoms. The van der Waals surface area contributed by atoms with E-state index in [1.165, 1.54) is 17.1 Å². The van der Waals surface area contributed by atoms with E-state index in [2.05, 4.69) is 41.4 Å². The number of hydrogen-bond acceptors (Lipinski definition) is 5. The molecule has 0 saturated carbocycles. The number of amides is 1. The van der Waals surface area contributed by atoms with Gasteiger partial charge >= 0.3 is 6.09 Å². The number of hydrogen-bond donors (Lipinski definition) is 1. The molecule has 1 heterocycles. The molecule has 0 aromatic heterocycles. The molecule has 6 heteroatoms. The van der Waals surface area contributed by atoms with Crippen molar-refractivity contribution >= 4 is 29.6 Å². The topological polar surface area (TPSA) is 41.6 Å². The zero-order valence-electron chi connectivity index (χ0n) is 15.1. The second-order valence-corrected chi connectivity index (χ2v) is 8.72. The van der Waals surface area contributed by atoms with Gasteiger partial charge in [-0.3, -0.25) is 0 Å². The fourth-order valence-corrected chi connectivity index (χ4v) is 4.71. The lowest BCUT2D eigenvalue weighted by Gasteiger charge is -2.30. The van der Waals surface area contributed by atoms with Crippen LogP contribution in [-0.2, 0) is 10.5 Å². The summed E-state index contributed by atoms with van der Waals surface area (Å²) in [6, 6.07) is 10.5. The standard InChI is InChI=1S/C19H30N2O2S2/c1-2-3-11-23-19(22)20-14-18(15-21-9-12-24-13-10-21)25-16-17-7-5-4-6-8-17/h4-8,18H,2-3,9-16H2,1H3,(H,20,22). The molecule has 1 N–H and O–H groups in total. The number of thioether (sulfide) groups is 2. The van der Waals surface area contributed by atoms with E-state index in [1.54, 1.807) is 0 Å². The molecule has 0 radical (unpaired) electrons. The highest BCUT2D eigenvalue weighted by Gasteiger charge is 2.18. The fraction of sp³-hybridized carbons (Fsp3) is 0.632. The maximum absolute atomic E-state index is 11.8. The second-order valence-electron chi connectivity index (χ2n) is 6.20. The van der Waals surface area contributed by atoms with Crippen molar-refractivity contribution < 1.29 is 9.53 Å². The van der Waals surface area contributed by atoms with Crippen LogP contribution in [0.1, 0.15) is 25.3 Å². The van der Waals surface area contributed by atoms with Crippen LogP contribution < -0.4 is 5.32 Å². The van der Waals surface area contributed by atoms with Crippen LogP contribution >= 0.6 is 23.5 Å². The smallest absolute Gasteiger partial charge is 0.407 e. The van der Waals surface area contributed by atoms with E-state index >= 15 is 0 Å². The van der Waals surface area contributed by atoms with Crippen LogP contribution in [0.25, 0.3) is 0 Å². The molecule has 1 aromatic carbocycles. The van der Waals surface area contributed by atoms with Crippen molar-refractivity contribution in [3.63, 3.8) is 0 Å². The van der Waals surface area contributed by atoms with E-state index in [9.17, 15) is 4.79 Å². The second kappa shape index (κ2) is 12.5. The first-order chi connectivity index (χ1) is 12.3. The van der Waals surface area contributed by atoms with Gasteiger partial charge in [0.15, 0.2) is 0 Å². The van der Waals surface area contributed by atoms with Crippen molar-refractivity contribution in [2.75, 3.05) is 44.3 Å². The number of nitrogens with zero attached hydrogens (tertiary/aromatic N) is 1. The summed E-state index contributed by atoms with van der Waals surface area (Å²) in [6.07, 6.45) is 1.67. The van der Waals surface area contributed by atoms with Gasteiger partial charge in [0.2, 0.25) is 0 Å². The number of benzene rings is 1. The SMILES string of the molecule is CCCCOC(=O)NCC(CN1CCSCC1)SCc1ccccc1. The summed E-state index contributed by atoms with van der Waals surface area (Å²) in [5.74, 6) is 3.39. The summed E-state index contributed by atoms with van der Waals surface area (Å²) in [6.45, 7) is 6.57. The minimum Gasteiger partial charge on any atom is -0.450 e. The van der Waals surface area contributed by atoms with Crippen molar-refractivity contribution in [1.29, 1.82) is 0 Å². The van der Waals surface area contributed by atoms with Gasteiger partial charge in [0.25, 0.3) is 0 Å². The van der Waals surface area contributed by atoms with Gasteiger partial charge in [0, 0.05) is 48.7 Å². The lowest BCUT2D eigenvalue weighted by atomic mass is 10.2. The quantitative estimate of drug-likeness (QED) is 0.622. The van der Waals surface area contributed by atoms with Crippen molar-refractivity contribution in [1.82, 2.24) is 10.2 Å². The Morgan fingerprint density at radius 2 is 2.08 bits per heavy atom. The lowest BCUT2D eigenvalue weighted by Crippen LogP contribution is -2.42. The molecule has 1 aliphatic rings. The van der Waals surface area contributed by atoms with Crippen molar-refractivity contribution in [2.24, 2.45) is 0 Å². The summed E-state index contributed by atoms with van der Waals surface area (Å²) in [4.78, 5) is 14.3. The minimum atomic E-state index is -0.284. The van der Waals surface area contributed by atoms with Crippen LogP contribution in [0.15, 0.2) is 30.3 Å². The van der Waals surface area contributed by atoms with Gasteiger partial charge in [-0.25, -0.2) is 4.79 Å². The highest BCUT2D eigenvalue weighted by atomic mass is 32.2. The van der Waals surface area contributed by atoms with Gasteiger partial charge in [-0.1, -0.05) is 43.7 Å². The van der Waals surface area contributed by atoms with Crippen molar-refractivity contribution in [3.8, 4) is 0 Å². The third-order valence-electron chi connectivity index (χ3n) is 4.10. The molecule has 1 saturated heterocycles. The molecule has 1 unspecified atom stereocenters. The van der Waals surface area contributed by atoms with Crippen LogP contribution in [0.3, 0.4) is 0 Å². The molecule has 4 nitrogen and oxygen atoms in total. The summed E-state index contributed by atoms with van der Waals surface area (Å²) < 4.78 is 5.21. The largest absolute Gasteiger partial charge is 0.450 e. The molecule has 140 valence electrons. The normalized spacial score (nSPS) is 16.4. The zero-order valence-corrected chi connectivity index (χ0v) is 16.7. The van der Waals surface area contributed by atoms with Gasteiger partial charge in [0.05, 0.1) is 6.61 Å². The van der Waals surface area contributed by atoms with E-state index in [0.29, 0.717) is 18.4 Å². The van der Waals surface area contributed by atoms with Gasteiger partial charge < -0.3 is 15.0 Å². The van der Waals surface area contributed by atoms with Gasteiger partial charge in [0.1, 0.15) is 0 Å². The van der Waals surface area contributed by atoms with Crippen LogP contribution in [0, 0.1) is 0 Å². The number of nitrogens with one attached hydrogen (secondary N) is 1. The van der Waals surface area contributed by atoms with E-state index in [0.717, 1.165) is 38.2 Å². The number of carbonyl (C=O) groups excluding carboxylic acids is 1. The summed E-state index contributed by atoms with van der Waals surface area (Å²) in [5.41, 5.74) is 1.33. The molecule has 2 rings (SSSR count). The van der Waals surface area contributed by atoms with Crippen LogP contribution in [-0.4, -0.2) is 60.5 Å². The maximum Gasteiger partial charge on any atom is 0.407 e. The molecule has 0 spiro atoms. The molecule has 1 fully saturated rings. The summed E-state index contributed by atoms with van der Waals surface area (Å²) in [5, 5.41) is 3.33. The average molecular weight is 383 g/mol. The number of alkyl carbamates (subject to hydrolysis) is 1. The predicted octanol–water partition coefficient (Wildman–Crippen LogP) is 3.86. The van der Waals surface area contributed by atoms with Crippen LogP contribution in [0.5, 0.6) is 0 Å². The maximum atomic E-state index is 11.8. The van der Waals surface area contributed by atoms with Crippen LogP contribution in [0.2, 0.25) is 0 Å². The van der Waals surface area contributed by atoms with Gasteiger partial charge in [-0.2, -0.15) is 23.5 Å². The van der Waals surface area contributed by atoms with Crippen molar-refractivity contribution in [2.45, 2.75) is 30.8 Å². The van der Waals surface area contributed by atoms with Gasteiger partial charge in [-0.15, -0.1) is 0 Å². The molecular weight excluding hydrogens is 352 g/mol. The lowest BCUT2D eigenvalue weighted by molar-refractivity contribution is 0.144. The Morgan fingerprint density at radius 3 is 2.80 bits per heavy atom. The Hall–Kier alpha value is -0.850. The Morgan fingerprint density at radius 1 is 1.32 bits per heavy atom. The van der Waals surface area contributed by atoms with Crippen molar-refractivity contribution in [3.05, 3.63) is 35.9 Å². The van der Waals surface area contributed by atoms with E-state index in [1.807, 2.05) is 29.6 Å². The first-order valence-corrected chi connectivity index (χ1v) is 11.3. The molecule has 1 aliphatic heterocycles. The average Bonchev–Trinajstić information content (AvgIpc) is 2.66. The van der Waals surface area contributed by atoms with E-state index in [-0.39, 0.29) is 6.09 Å². The number of ether oxygens (including phenoxy) is 1. The molecule has 1 amide bonds. The third kappa shape index (κ3) is 8.88. The Bertz CT molecular complexity index is 482. The molecule has 1 atom stereocenters. The van der Waals surface area contributed by atoms with E-state index < -0.39 is 0 Å². The first-order valence-electron chi connectivity index (χ1n) is 9.14. The molecule has 0 aliphatic carbocycles. The minimum absolute atomic E-state index is 0.284. The van der Waals surface area contributed by atoms with E-state index in [4.69, 9.17) is 4.74 Å². The number of unbranched alkanes of at least 4 members (excludes halogenated alkanes) is 1. The number of carbonyl (C=O) groups is 1. The van der Waals surface area contributed by atoms with Gasteiger partial charge in [-0.05, 0) is 12.0 Å². The monoisotopic (exact) mass is 382 g/mol. The predicted molar refractivity (Wildman–Crippen MR) is 110 cm³/mol. The Kier molecular flexibility index (Phi) is 10.2. The molecule has 1 aromatic rings. The summed E-state index contributed by atoms with van der Waals surface area (Å²) >= 11 is 3.95. The fourth-order valence-electron chi connectivity index (χ4n) is 2.59. The Labute approximate surface area is 160 Å². The highest BCUT2D eigenvalue weighted by Crippen LogP contribution is 2.20. The zero-order chi connectivity index (χ0) is 17.7. The Balaban J connectivity index is 1.79. The van der Waals surface area contributed by atoms with Crippen LogP contribution in [0.4, 0.5) is 4.79 Å². The molecule has 25 heavy (non-hydrogen) atoms. The third-order valence-corrected chi connectivity index (χ3v) is 6.33. The summed E-state index contributed by atoms with van der Waals surface area (Å²) in [7, 11) is 0. The number of rotatable bonds is 10. The molecular formula is C19H30N2O2S2. The first kappa shape index (κ1) is 20.5. The highest BCUT2D eigenvalue weighted by molar-refractivity contribution is 7.99.